The van der Waals surface area contributed by atoms with E-state index in [2.05, 4.69) is 12.2 Å². The van der Waals surface area contributed by atoms with Crippen molar-refractivity contribution in [2.45, 2.75) is 26.2 Å². The van der Waals surface area contributed by atoms with Crippen molar-refractivity contribution >= 4 is 11.6 Å². The molecule has 0 aliphatic carbocycles. The van der Waals surface area contributed by atoms with Gasteiger partial charge in [0.25, 0.3) is 5.91 Å². The summed E-state index contributed by atoms with van der Waals surface area (Å²) in [6.45, 7) is 4.93. The van der Waals surface area contributed by atoms with Crippen LogP contribution in [0.1, 0.15) is 26.2 Å². The van der Waals surface area contributed by atoms with Crippen molar-refractivity contribution < 1.29 is 14.3 Å². The van der Waals surface area contributed by atoms with E-state index in [1.165, 1.54) is 19.0 Å². The van der Waals surface area contributed by atoms with Crippen molar-refractivity contribution in [1.82, 2.24) is 4.90 Å². The molecule has 1 saturated heterocycles. The Hall–Kier alpha value is -2.52. The van der Waals surface area contributed by atoms with Crippen LogP contribution in [0.15, 0.2) is 36.0 Å². The number of amides is 1. The molecule has 25 heavy (non-hydrogen) atoms. The van der Waals surface area contributed by atoms with Crippen LogP contribution in [0.3, 0.4) is 0 Å². The molecule has 0 radical (unpaired) electrons. The third-order valence-electron chi connectivity index (χ3n) is 3.90. The summed E-state index contributed by atoms with van der Waals surface area (Å²) < 4.78 is 10.9. The van der Waals surface area contributed by atoms with Gasteiger partial charge in [-0.05, 0) is 30.7 Å². The fourth-order valence-electron chi connectivity index (χ4n) is 2.42. The Balaban J connectivity index is 1.88. The SMILES string of the molecule is CCCCCOc1ccc(N/C=C(\C#N)C(=O)N2CCOCC2)cc1. The largest absolute Gasteiger partial charge is 0.494 e. The molecule has 0 spiro atoms. The number of hydrogen-bond donors (Lipinski definition) is 1. The molecule has 1 aliphatic rings. The number of unbranched alkanes of at least 4 members (excludes halogenated alkanes) is 2. The molecule has 0 atom stereocenters. The van der Waals surface area contributed by atoms with Gasteiger partial charge in [-0.15, -0.1) is 0 Å². The first-order chi connectivity index (χ1) is 12.2. The number of carbonyl (C=O) groups is 1. The Morgan fingerprint density at radius 1 is 1.32 bits per heavy atom. The van der Waals surface area contributed by atoms with Crippen molar-refractivity contribution in [3.05, 3.63) is 36.0 Å². The Morgan fingerprint density at radius 2 is 2.04 bits per heavy atom. The number of morpholine rings is 1. The van der Waals surface area contributed by atoms with E-state index in [9.17, 15) is 10.1 Å². The maximum absolute atomic E-state index is 12.3. The number of nitriles is 1. The maximum atomic E-state index is 12.3. The van der Waals surface area contributed by atoms with Crippen LogP contribution in [0.25, 0.3) is 0 Å². The van der Waals surface area contributed by atoms with Gasteiger partial charge in [-0.3, -0.25) is 4.79 Å². The zero-order valence-electron chi connectivity index (χ0n) is 14.7. The molecule has 2 rings (SSSR count). The normalized spacial score (nSPS) is 14.7. The lowest BCUT2D eigenvalue weighted by Crippen LogP contribution is -2.41. The number of hydrogen-bond acceptors (Lipinski definition) is 5. The summed E-state index contributed by atoms with van der Waals surface area (Å²) in [6.07, 6.45) is 4.84. The summed E-state index contributed by atoms with van der Waals surface area (Å²) in [5.74, 6) is 0.546. The van der Waals surface area contributed by atoms with Gasteiger partial charge in [0.05, 0.1) is 19.8 Å². The minimum absolute atomic E-state index is 0.0850. The first-order valence-electron chi connectivity index (χ1n) is 8.71. The molecule has 1 amide bonds. The number of nitrogens with zero attached hydrogens (tertiary/aromatic N) is 2. The van der Waals surface area contributed by atoms with Crippen LogP contribution in [0, 0.1) is 11.3 Å². The predicted molar refractivity (Wildman–Crippen MR) is 96.2 cm³/mol. The molecule has 6 nitrogen and oxygen atoms in total. The summed E-state index contributed by atoms with van der Waals surface area (Å²) in [5, 5.41) is 12.2. The van der Waals surface area contributed by atoms with Crippen LogP contribution >= 0.6 is 0 Å². The lowest BCUT2D eigenvalue weighted by atomic mass is 10.2. The van der Waals surface area contributed by atoms with Crippen LogP contribution in [0.2, 0.25) is 0 Å². The summed E-state index contributed by atoms with van der Waals surface area (Å²) in [7, 11) is 0. The second-order valence-corrected chi connectivity index (χ2v) is 5.80. The molecule has 1 aliphatic heterocycles. The van der Waals surface area contributed by atoms with Gasteiger partial charge in [-0.2, -0.15) is 5.26 Å². The minimum atomic E-state index is -0.269. The van der Waals surface area contributed by atoms with Gasteiger partial charge in [-0.1, -0.05) is 19.8 Å². The highest BCUT2D eigenvalue weighted by atomic mass is 16.5. The number of benzene rings is 1. The van der Waals surface area contributed by atoms with Crippen LogP contribution in [-0.4, -0.2) is 43.7 Å². The lowest BCUT2D eigenvalue weighted by molar-refractivity contribution is -0.130. The minimum Gasteiger partial charge on any atom is -0.494 e. The molecule has 6 heteroatoms. The predicted octanol–water partition coefficient (Wildman–Crippen LogP) is 2.93. The zero-order chi connectivity index (χ0) is 17.9. The monoisotopic (exact) mass is 343 g/mol. The number of anilines is 1. The molecule has 134 valence electrons. The summed E-state index contributed by atoms with van der Waals surface area (Å²) in [5.41, 5.74) is 0.880. The average molecular weight is 343 g/mol. The standard InChI is InChI=1S/C19H25N3O3/c1-2-3-4-11-25-18-7-5-17(6-8-18)21-15-16(14-20)19(23)22-9-12-24-13-10-22/h5-8,15,21H,2-4,9-13H2,1H3/b16-15+. The van der Waals surface area contributed by atoms with E-state index >= 15 is 0 Å². The summed E-state index contributed by atoms with van der Waals surface area (Å²) in [4.78, 5) is 13.9. The molecule has 0 aromatic heterocycles. The van der Waals surface area contributed by atoms with Crippen LogP contribution in [0.5, 0.6) is 5.75 Å². The summed E-state index contributed by atoms with van der Waals surface area (Å²) in [6, 6.07) is 9.43. The highest BCUT2D eigenvalue weighted by molar-refractivity contribution is 5.97. The van der Waals surface area contributed by atoms with Crippen molar-refractivity contribution in [1.29, 1.82) is 5.26 Å². The van der Waals surface area contributed by atoms with E-state index < -0.39 is 0 Å². The summed E-state index contributed by atoms with van der Waals surface area (Å²) >= 11 is 0. The van der Waals surface area contributed by atoms with E-state index in [-0.39, 0.29) is 11.5 Å². The molecule has 1 N–H and O–H groups in total. The quantitative estimate of drug-likeness (QED) is 0.446. The first kappa shape index (κ1) is 18.8. The smallest absolute Gasteiger partial charge is 0.266 e. The molecule has 0 saturated carbocycles. The lowest BCUT2D eigenvalue weighted by Gasteiger charge is -2.26. The first-order valence-corrected chi connectivity index (χ1v) is 8.71. The maximum Gasteiger partial charge on any atom is 0.266 e. The topological polar surface area (TPSA) is 74.6 Å². The molecule has 1 aromatic carbocycles. The van der Waals surface area contributed by atoms with Gasteiger partial charge in [0.15, 0.2) is 0 Å². The molecular formula is C19H25N3O3. The van der Waals surface area contributed by atoms with Crippen molar-refractivity contribution in [3.63, 3.8) is 0 Å². The van der Waals surface area contributed by atoms with E-state index in [1.54, 1.807) is 4.90 Å². The zero-order valence-corrected chi connectivity index (χ0v) is 14.7. The average Bonchev–Trinajstić information content (AvgIpc) is 2.67. The molecule has 0 unspecified atom stereocenters. The van der Waals surface area contributed by atoms with Crippen molar-refractivity contribution in [2.24, 2.45) is 0 Å². The molecular weight excluding hydrogens is 318 g/mol. The Morgan fingerprint density at radius 3 is 2.68 bits per heavy atom. The fraction of sp³-hybridized carbons (Fsp3) is 0.474. The second-order valence-electron chi connectivity index (χ2n) is 5.80. The highest BCUT2D eigenvalue weighted by Crippen LogP contribution is 2.16. The number of ether oxygens (including phenoxy) is 2. The van der Waals surface area contributed by atoms with E-state index in [0.29, 0.717) is 32.9 Å². The van der Waals surface area contributed by atoms with Gasteiger partial charge in [0.1, 0.15) is 17.4 Å². The van der Waals surface area contributed by atoms with E-state index in [1.807, 2.05) is 30.3 Å². The highest BCUT2D eigenvalue weighted by Gasteiger charge is 2.20. The van der Waals surface area contributed by atoms with Gasteiger partial charge >= 0.3 is 0 Å². The molecule has 1 fully saturated rings. The number of nitrogens with one attached hydrogen (secondary N) is 1. The van der Waals surface area contributed by atoms with Gasteiger partial charge in [0.2, 0.25) is 0 Å². The second kappa shape index (κ2) is 10.4. The van der Waals surface area contributed by atoms with Gasteiger partial charge < -0.3 is 19.7 Å². The molecule has 1 aromatic rings. The van der Waals surface area contributed by atoms with Gasteiger partial charge in [-0.25, -0.2) is 0 Å². The van der Waals surface area contributed by atoms with Crippen molar-refractivity contribution in [3.8, 4) is 11.8 Å². The molecule has 0 bridgehead atoms. The number of rotatable bonds is 8. The van der Waals surface area contributed by atoms with E-state index in [0.717, 1.165) is 17.9 Å². The Bertz CT molecular complexity index is 614. The van der Waals surface area contributed by atoms with Crippen LogP contribution in [0.4, 0.5) is 5.69 Å². The Kier molecular flexibility index (Phi) is 7.80. The van der Waals surface area contributed by atoms with Crippen LogP contribution < -0.4 is 10.1 Å². The third-order valence-corrected chi connectivity index (χ3v) is 3.90. The number of carbonyl (C=O) groups excluding carboxylic acids is 1. The Labute approximate surface area is 149 Å². The third kappa shape index (κ3) is 6.12. The van der Waals surface area contributed by atoms with Gasteiger partial charge in [0, 0.05) is 25.0 Å². The fourth-order valence-corrected chi connectivity index (χ4v) is 2.42. The molecule has 1 heterocycles. The van der Waals surface area contributed by atoms with Crippen LogP contribution in [-0.2, 0) is 9.53 Å². The van der Waals surface area contributed by atoms with Crippen molar-refractivity contribution in [2.75, 3.05) is 38.2 Å². The van der Waals surface area contributed by atoms with E-state index in [4.69, 9.17) is 9.47 Å².